The van der Waals surface area contributed by atoms with Crippen molar-refractivity contribution in [2.24, 2.45) is 5.92 Å². The van der Waals surface area contributed by atoms with E-state index in [9.17, 15) is 0 Å². The van der Waals surface area contributed by atoms with E-state index in [4.69, 9.17) is 4.98 Å². The Hall–Kier alpha value is -1.57. The van der Waals surface area contributed by atoms with Crippen LogP contribution in [-0.2, 0) is 13.0 Å². The van der Waals surface area contributed by atoms with Gasteiger partial charge in [0.2, 0.25) is 0 Å². The third-order valence-electron chi connectivity index (χ3n) is 3.32. The molecule has 0 unspecified atom stereocenters. The molecule has 0 fully saturated rings. The highest BCUT2D eigenvalue weighted by molar-refractivity contribution is 5.58. The summed E-state index contributed by atoms with van der Waals surface area (Å²) in [7, 11) is 0. The van der Waals surface area contributed by atoms with E-state index in [1.54, 1.807) is 0 Å². The molecule has 0 saturated heterocycles. The number of benzene rings is 1. The molecule has 0 amide bonds. The fourth-order valence-corrected chi connectivity index (χ4v) is 2.33. The van der Waals surface area contributed by atoms with Crippen molar-refractivity contribution in [3.8, 4) is 11.3 Å². The summed E-state index contributed by atoms with van der Waals surface area (Å²) >= 11 is 0. The Morgan fingerprint density at radius 3 is 2.88 bits per heavy atom. The molecule has 1 atom stereocenters. The van der Waals surface area contributed by atoms with Crippen LogP contribution in [0.3, 0.4) is 0 Å². The molecule has 1 aliphatic rings. The van der Waals surface area contributed by atoms with E-state index in [2.05, 4.69) is 42.0 Å². The molecule has 0 saturated carbocycles. The van der Waals surface area contributed by atoms with Crippen LogP contribution in [0, 0.1) is 5.92 Å². The Balaban J connectivity index is 1.99. The summed E-state index contributed by atoms with van der Waals surface area (Å²) in [5.74, 6) is 2.02. The Morgan fingerprint density at radius 1 is 1.25 bits per heavy atom. The molecule has 0 bridgehead atoms. The Labute approximate surface area is 95.9 Å². The molecule has 1 aliphatic heterocycles. The number of fused-ring (bicyclic) bond motifs is 1. The molecular weight excluding hydrogens is 196 g/mol. The fraction of sp³-hybridized carbons (Fsp3) is 0.357. The minimum Gasteiger partial charge on any atom is -0.334 e. The van der Waals surface area contributed by atoms with Crippen LogP contribution in [0.4, 0.5) is 0 Å². The highest BCUT2D eigenvalue weighted by atomic mass is 15.1. The number of hydrogen-bond acceptors (Lipinski definition) is 1. The van der Waals surface area contributed by atoms with Crippen molar-refractivity contribution < 1.29 is 0 Å². The largest absolute Gasteiger partial charge is 0.334 e. The maximum Gasteiger partial charge on any atom is 0.109 e. The van der Waals surface area contributed by atoms with Gasteiger partial charge in [-0.2, -0.15) is 0 Å². The van der Waals surface area contributed by atoms with Crippen LogP contribution in [0.1, 0.15) is 19.2 Å². The molecule has 0 aliphatic carbocycles. The van der Waals surface area contributed by atoms with Crippen LogP contribution in [0.2, 0.25) is 0 Å². The van der Waals surface area contributed by atoms with Gasteiger partial charge in [0.1, 0.15) is 5.82 Å². The summed E-state index contributed by atoms with van der Waals surface area (Å²) in [5, 5.41) is 0. The van der Waals surface area contributed by atoms with E-state index in [0.29, 0.717) is 0 Å². The number of imidazole rings is 1. The van der Waals surface area contributed by atoms with Gasteiger partial charge in [-0.1, -0.05) is 37.3 Å². The van der Waals surface area contributed by atoms with Gasteiger partial charge in [-0.3, -0.25) is 0 Å². The lowest BCUT2D eigenvalue weighted by Gasteiger charge is -2.18. The van der Waals surface area contributed by atoms with Crippen molar-refractivity contribution in [2.75, 3.05) is 0 Å². The number of nitrogens with zero attached hydrogens (tertiary/aromatic N) is 2. The van der Waals surface area contributed by atoms with Gasteiger partial charge in [0.15, 0.2) is 0 Å². The van der Waals surface area contributed by atoms with Crippen LogP contribution >= 0.6 is 0 Å². The maximum atomic E-state index is 4.73. The average molecular weight is 212 g/mol. The van der Waals surface area contributed by atoms with Gasteiger partial charge in [0, 0.05) is 24.7 Å². The maximum absolute atomic E-state index is 4.73. The molecule has 16 heavy (non-hydrogen) atoms. The van der Waals surface area contributed by atoms with E-state index in [1.807, 2.05) is 6.07 Å². The van der Waals surface area contributed by atoms with Gasteiger partial charge < -0.3 is 4.57 Å². The van der Waals surface area contributed by atoms with Gasteiger partial charge in [-0.25, -0.2) is 4.98 Å². The van der Waals surface area contributed by atoms with Gasteiger partial charge in [0.25, 0.3) is 0 Å². The first kappa shape index (κ1) is 9.64. The summed E-state index contributed by atoms with van der Waals surface area (Å²) < 4.78 is 2.31. The SMILES string of the molecule is C[C@@H]1CCn2cc(-c3ccccc3)nc2C1. The van der Waals surface area contributed by atoms with Crippen molar-refractivity contribution in [1.29, 1.82) is 0 Å². The predicted molar refractivity (Wildman–Crippen MR) is 65.1 cm³/mol. The smallest absolute Gasteiger partial charge is 0.109 e. The van der Waals surface area contributed by atoms with Gasteiger partial charge in [-0.05, 0) is 12.3 Å². The van der Waals surface area contributed by atoms with E-state index in [1.165, 1.54) is 17.8 Å². The monoisotopic (exact) mass is 212 g/mol. The number of hydrogen-bond donors (Lipinski definition) is 0. The van der Waals surface area contributed by atoms with Gasteiger partial charge >= 0.3 is 0 Å². The molecule has 2 heteroatoms. The molecule has 2 nitrogen and oxygen atoms in total. The molecular formula is C14H16N2. The predicted octanol–water partition coefficient (Wildman–Crippen LogP) is 3.13. The second-order valence-corrected chi connectivity index (χ2v) is 4.70. The quantitative estimate of drug-likeness (QED) is 0.710. The molecule has 2 heterocycles. The second kappa shape index (κ2) is 3.78. The minimum absolute atomic E-state index is 0.776. The first-order valence-electron chi connectivity index (χ1n) is 5.94. The zero-order valence-corrected chi connectivity index (χ0v) is 9.56. The third kappa shape index (κ3) is 1.64. The zero-order chi connectivity index (χ0) is 11.0. The molecule has 3 rings (SSSR count). The van der Waals surface area contributed by atoms with E-state index in [-0.39, 0.29) is 0 Å². The topological polar surface area (TPSA) is 17.8 Å². The second-order valence-electron chi connectivity index (χ2n) is 4.70. The number of aryl methyl sites for hydroxylation is 1. The molecule has 0 spiro atoms. The normalized spacial score (nSPS) is 19.4. The molecule has 1 aromatic heterocycles. The van der Waals surface area contributed by atoms with Crippen LogP contribution < -0.4 is 0 Å². The Kier molecular flexibility index (Phi) is 2.28. The molecule has 0 radical (unpaired) electrons. The number of rotatable bonds is 1. The molecule has 0 N–H and O–H groups in total. The average Bonchev–Trinajstić information content (AvgIpc) is 2.73. The zero-order valence-electron chi connectivity index (χ0n) is 9.56. The minimum atomic E-state index is 0.776. The van der Waals surface area contributed by atoms with Gasteiger partial charge in [0.05, 0.1) is 5.69 Å². The standard InChI is InChI=1S/C14H16N2/c1-11-7-8-16-10-13(15-14(16)9-11)12-5-3-2-4-6-12/h2-6,10-11H,7-9H2,1H3/t11-/m1/s1. The van der Waals surface area contributed by atoms with Crippen LogP contribution in [0.15, 0.2) is 36.5 Å². The Bertz CT molecular complexity index is 485. The fourth-order valence-electron chi connectivity index (χ4n) is 2.33. The summed E-state index contributed by atoms with van der Waals surface area (Å²) in [6, 6.07) is 10.4. The van der Waals surface area contributed by atoms with Crippen molar-refractivity contribution in [3.63, 3.8) is 0 Å². The number of aromatic nitrogens is 2. The lowest BCUT2D eigenvalue weighted by atomic mass is 10.0. The molecule has 1 aromatic carbocycles. The summed E-state index contributed by atoms with van der Waals surface area (Å²) in [5.41, 5.74) is 2.33. The highest BCUT2D eigenvalue weighted by Gasteiger charge is 2.17. The van der Waals surface area contributed by atoms with E-state index < -0.39 is 0 Å². The van der Waals surface area contributed by atoms with Crippen LogP contribution in [-0.4, -0.2) is 9.55 Å². The first-order chi connectivity index (χ1) is 7.83. The highest BCUT2D eigenvalue weighted by Crippen LogP contribution is 2.24. The van der Waals surface area contributed by atoms with E-state index in [0.717, 1.165) is 24.6 Å². The Morgan fingerprint density at radius 2 is 2.06 bits per heavy atom. The third-order valence-corrected chi connectivity index (χ3v) is 3.32. The van der Waals surface area contributed by atoms with Crippen LogP contribution in [0.25, 0.3) is 11.3 Å². The summed E-state index contributed by atoms with van der Waals surface area (Å²) in [4.78, 5) is 4.73. The summed E-state index contributed by atoms with van der Waals surface area (Å²) in [6.45, 7) is 3.43. The van der Waals surface area contributed by atoms with Gasteiger partial charge in [-0.15, -0.1) is 0 Å². The van der Waals surface area contributed by atoms with Crippen molar-refractivity contribution >= 4 is 0 Å². The van der Waals surface area contributed by atoms with Crippen molar-refractivity contribution in [3.05, 3.63) is 42.4 Å². The van der Waals surface area contributed by atoms with Crippen molar-refractivity contribution in [2.45, 2.75) is 26.3 Å². The lowest BCUT2D eigenvalue weighted by molar-refractivity contribution is 0.409. The first-order valence-corrected chi connectivity index (χ1v) is 5.94. The van der Waals surface area contributed by atoms with Crippen LogP contribution in [0.5, 0.6) is 0 Å². The lowest BCUT2D eigenvalue weighted by Crippen LogP contribution is -2.16. The van der Waals surface area contributed by atoms with E-state index >= 15 is 0 Å². The summed E-state index contributed by atoms with van der Waals surface area (Å²) in [6.07, 6.45) is 4.58. The molecule has 82 valence electrons. The molecule has 2 aromatic rings. The van der Waals surface area contributed by atoms with Crippen molar-refractivity contribution in [1.82, 2.24) is 9.55 Å².